The summed E-state index contributed by atoms with van der Waals surface area (Å²) in [5.41, 5.74) is 0.871. The highest BCUT2D eigenvalue weighted by molar-refractivity contribution is 8.24. The molecule has 1 unspecified atom stereocenters. The number of carbonyl (C=O) groups is 1. The normalized spacial score (nSPS) is 13.5. The lowest BCUT2D eigenvalue weighted by molar-refractivity contribution is -0.111. The first kappa shape index (κ1) is 14.2. The lowest BCUT2D eigenvalue weighted by atomic mass is 10.1. The smallest absolute Gasteiger partial charge is 0.224 e. The molecule has 1 aromatic rings. The molecule has 0 radical (unpaired) electrons. The minimum absolute atomic E-state index is 0.0251. The number of benzene rings is 1. The van der Waals surface area contributed by atoms with E-state index in [9.17, 15) is 4.79 Å². The molecule has 0 aromatic heterocycles. The van der Waals surface area contributed by atoms with Crippen LogP contribution < -0.4 is 0 Å². The van der Waals surface area contributed by atoms with Crippen molar-refractivity contribution in [1.82, 2.24) is 0 Å². The third kappa shape index (κ3) is 4.47. The van der Waals surface area contributed by atoms with Crippen LogP contribution in [0.2, 0.25) is 0 Å². The van der Waals surface area contributed by atoms with Crippen LogP contribution in [0.25, 0.3) is 0 Å². The van der Waals surface area contributed by atoms with Gasteiger partial charge < -0.3 is 0 Å². The Morgan fingerprint density at radius 1 is 1.53 bits per heavy atom. The van der Waals surface area contributed by atoms with E-state index in [1.807, 2.05) is 30.3 Å². The summed E-state index contributed by atoms with van der Waals surface area (Å²) < 4.78 is -0.321. The van der Waals surface area contributed by atoms with Gasteiger partial charge in [0.1, 0.15) is 4.75 Å². The van der Waals surface area contributed by atoms with Crippen molar-refractivity contribution in [2.45, 2.75) is 18.1 Å². The maximum Gasteiger partial charge on any atom is 0.224 e. The molecule has 0 heterocycles. The SMILES string of the molecule is CC(C#N)(CC(=O)Cl)SC(=S)c1ccccc1. The van der Waals surface area contributed by atoms with E-state index < -0.39 is 9.99 Å². The molecule has 0 aliphatic heterocycles. The highest BCUT2D eigenvalue weighted by atomic mass is 35.5. The number of nitriles is 1. The molecule has 0 amide bonds. The average Bonchev–Trinajstić information content (AvgIpc) is 2.29. The third-order valence-electron chi connectivity index (χ3n) is 2.04. The molecular weight excluding hydrogens is 274 g/mol. The van der Waals surface area contributed by atoms with Gasteiger partial charge in [-0.15, -0.1) is 0 Å². The standard InChI is InChI=1S/C12H10ClNOS2/c1-12(8-14,7-10(13)15)17-11(16)9-5-3-2-4-6-9/h2-6H,7H2,1H3. The number of hydrogen-bond donors (Lipinski definition) is 0. The van der Waals surface area contributed by atoms with Crippen molar-refractivity contribution in [3.8, 4) is 6.07 Å². The number of carbonyl (C=O) groups excluding carboxylic acids is 1. The van der Waals surface area contributed by atoms with Gasteiger partial charge in [0.05, 0.1) is 10.3 Å². The van der Waals surface area contributed by atoms with Gasteiger partial charge in [-0.1, -0.05) is 54.3 Å². The van der Waals surface area contributed by atoms with E-state index in [1.165, 1.54) is 11.8 Å². The van der Waals surface area contributed by atoms with Gasteiger partial charge in [-0.25, -0.2) is 0 Å². The topological polar surface area (TPSA) is 40.9 Å². The predicted octanol–water partition coefficient (Wildman–Crippen LogP) is 3.53. The van der Waals surface area contributed by atoms with Crippen molar-refractivity contribution in [3.63, 3.8) is 0 Å². The first-order valence-electron chi connectivity index (χ1n) is 4.85. The molecule has 0 N–H and O–H groups in total. The zero-order valence-electron chi connectivity index (χ0n) is 9.14. The molecular formula is C12H10ClNOS2. The largest absolute Gasteiger partial charge is 0.281 e. The molecule has 17 heavy (non-hydrogen) atoms. The van der Waals surface area contributed by atoms with Crippen molar-refractivity contribution >= 4 is 45.0 Å². The quantitative estimate of drug-likeness (QED) is 0.626. The maximum absolute atomic E-state index is 10.9. The van der Waals surface area contributed by atoms with Gasteiger partial charge in [-0.3, -0.25) is 4.79 Å². The molecule has 88 valence electrons. The monoisotopic (exact) mass is 283 g/mol. The van der Waals surface area contributed by atoms with Crippen LogP contribution in [0.1, 0.15) is 18.9 Å². The average molecular weight is 284 g/mol. The first-order chi connectivity index (χ1) is 7.97. The lowest BCUT2D eigenvalue weighted by Crippen LogP contribution is -2.22. The number of thioether (sulfide) groups is 1. The van der Waals surface area contributed by atoms with Crippen molar-refractivity contribution in [2.75, 3.05) is 0 Å². The number of rotatable bonds is 4. The van der Waals surface area contributed by atoms with Gasteiger partial charge in [-0.2, -0.15) is 5.26 Å². The van der Waals surface area contributed by atoms with E-state index >= 15 is 0 Å². The van der Waals surface area contributed by atoms with Gasteiger partial charge in [0, 0.05) is 6.42 Å². The van der Waals surface area contributed by atoms with Crippen LogP contribution in [0.3, 0.4) is 0 Å². The fourth-order valence-corrected chi connectivity index (χ4v) is 3.15. The lowest BCUT2D eigenvalue weighted by Gasteiger charge is -2.19. The highest BCUT2D eigenvalue weighted by Crippen LogP contribution is 2.32. The predicted molar refractivity (Wildman–Crippen MR) is 75.2 cm³/mol. The Morgan fingerprint density at radius 2 is 2.12 bits per heavy atom. The van der Waals surface area contributed by atoms with Gasteiger partial charge in [-0.05, 0) is 24.1 Å². The van der Waals surface area contributed by atoms with Crippen molar-refractivity contribution in [3.05, 3.63) is 35.9 Å². The van der Waals surface area contributed by atoms with Gasteiger partial charge in [0.15, 0.2) is 0 Å². The van der Waals surface area contributed by atoms with Crippen LogP contribution in [0.5, 0.6) is 0 Å². The zero-order chi connectivity index (χ0) is 12.9. The van der Waals surface area contributed by atoms with Crippen LogP contribution >= 0.6 is 35.6 Å². The Kier molecular flexibility index (Phi) is 5.13. The molecule has 0 fully saturated rings. The van der Waals surface area contributed by atoms with Gasteiger partial charge in [0.25, 0.3) is 0 Å². The van der Waals surface area contributed by atoms with Crippen LogP contribution in [0, 0.1) is 11.3 Å². The van der Waals surface area contributed by atoms with Crippen molar-refractivity contribution in [1.29, 1.82) is 5.26 Å². The van der Waals surface area contributed by atoms with Gasteiger partial charge >= 0.3 is 0 Å². The third-order valence-corrected chi connectivity index (χ3v) is 3.77. The number of hydrogen-bond acceptors (Lipinski definition) is 4. The van der Waals surface area contributed by atoms with E-state index in [2.05, 4.69) is 6.07 Å². The summed E-state index contributed by atoms with van der Waals surface area (Å²) in [6.45, 7) is 1.66. The van der Waals surface area contributed by atoms with Gasteiger partial charge in [0.2, 0.25) is 5.24 Å². The molecule has 0 aliphatic carbocycles. The second-order valence-electron chi connectivity index (χ2n) is 3.63. The summed E-state index contributed by atoms with van der Waals surface area (Å²) in [7, 11) is 0. The second-order valence-corrected chi connectivity index (χ2v) is 6.23. The van der Waals surface area contributed by atoms with Crippen LogP contribution in [-0.4, -0.2) is 14.2 Å². The van der Waals surface area contributed by atoms with Crippen LogP contribution in [0.4, 0.5) is 0 Å². The Morgan fingerprint density at radius 3 is 2.59 bits per heavy atom. The molecule has 0 aliphatic rings. The minimum Gasteiger partial charge on any atom is -0.281 e. The molecule has 0 spiro atoms. The van der Waals surface area contributed by atoms with Crippen LogP contribution in [-0.2, 0) is 4.79 Å². The summed E-state index contributed by atoms with van der Waals surface area (Å²) in [6, 6.07) is 11.5. The Labute approximate surface area is 115 Å². The first-order valence-corrected chi connectivity index (χ1v) is 6.45. The highest BCUT2D eigenvalue weighted by Gasteiger charge is 2.29. The second kappa shape index (κ2) is 6.15. The molecule has 2 nitrogen and oxygen atoms in total. The van der Waals surface area contributed by atoms with E-state index in [4.69, 9.17) is 29.1 Å². The number of nitrogens with zero attached hydrogens (tertiary/aromatic N) is 1. The molecule has 0 saturated carbocycles. The fraction of sp³-hybridized carbons (Fsp3) is 0.250. The summed E-state index contributed by atoms with van der Waals surface area (Å²) >= 11 is 11.8. The van der Waals surface area contributed by atoms with E-state index in [0.717, 1.165) is 5.56 Å². The van der Waals surface area contributed by atoms with E-state index in [0.29, 0.717) is 4.20 Å². The van der Waals surface area contributed by atoms with E-state index in [-0.39, 0.29) is 6.42 Å². The van der Waals surface area contributed by atoms with Crippen molar-refractivity contribution in [2.24, 2.45) is 0 Å². The summed E-state index contributed by atoms with van der Waals surface area (Å²) in [6.07, 6.45) is -0.0251. The number of halogens is 1. The summed E-state index contributed by atoms with van der Waals surface area (Å²) in [5, 5.41) is 8.56. The van der Waals surface area contributed by atoms with E-state index in [1.54, 1.807) is 6.92 Å². The van der Waals surface area contributed by atoms with Crippen LogP contribution in [0.15, 0.2) is 30.3 Å². The molecule has 1 atom stereocenters. The Bertz CT molecular complexity index is 469. The Hall–Kier alpha value is -0.890. The Balaban J connectivity index is 2.80. The summed E-state index contributed by atoms with van der Waals surface area (Å²) in [5.74, 6) is 0. The molecule has 1 rings (SSSR count). The molecule has 5 heteroatoms. The maximum atomic E-state index is 10.9. The molecule has 0 bridgehead atoms. The molecule has 1 aromatic carbocycles. The fourth-order valence-electron chi connectivity index (χ4n) is 1.20. The summed E-state index contributed by atoms with van der Waals surface area (Å²) in [4.78, 5) is 10.9. The number of thiocarbonyl (C=S) groups is 1. The molecule has 0 saturated heterocycles. The zero-order valence-corrected chi connectivity index (χ0v) is 11.5. The van der Waals surface area contributed by atoms with Crippen molar-refractivity contribution < 1.29 is 4.79 Å². The minimum atomic E-state index is -0.911.